The molecule has 5 nitrogen and oxygen atoms in total. The van der Waals surface area contributed by atoms with Crippen LogP contribution in [0.15, 0.2) is 66.7 Å². The molecule has 2 amide bonds. The van der Waals surface area contributed by atoms with Gasteiger partial charge in [0.25, 0.3) is 11.8 Å². The number of carbonyl (C=O) groups excluding carboxylic acids is 2. The van der Waals surface area contributed by atoms with E-state index in [1.165, 1.54) is 16.0 Å². The van der Waals surface area contributed by atoms with Gasteiger partial charge in [-0.25, -0.2) is 4.90 Å². The fraction of sp³-hybridized carbons (Fsp3) is 0.133. The van der Waals surface area contributed by atoms with E-state index in [2.05, 4.69) is 24.3 Å². The predicted molar refractivity (Wildman–Crippen MR) is 139 cm³/mol. The van der Waals surface area contributed by atoms with Crippen molar-refractivity contribution in [2.45, 2.75) is 25.7 Å². The molecule has 0 aromatic heterocycles. The van der Waals surface area contributed by atoms with Gasteiger partial charge in [-0.1, -0.05) is 36.4 Å². The molecule has 4 aromatic rings. The summed E-state index contributed by atoms with van der Waals surface area (Å²) in [5.74, 6) is -0.510. The third-order valence-electron chi connectivity index (χ3n) is 7.64. The summed E-state index contributed by atoms with van der Waals surface area (Å²) in [6.45, 7) is 0. The minimum Gasteiger partial charge on any atom is -0.399 e. The first kappa shape index (κ1) is 20.0. The van der Waals surface area contributed by atoms with Gasteiger partial charge in [0.1, 0.15) is 0 Å². The van der Waals surface area contributed by atoms with Gasteiger partial charge in [0.2, 0.25) is 0 Å². The lowest BCUT2D eigenvalue weighted by Gasteiger charge is -2.30. The van der Waals surface area contributed by atoms with Gasteiger partial charge in [-0.3, -0.25) is 9.59 Å². The van der Waals surface area contributed by atoms with Crippen LogP contribution in [0, 0.1) is 0 Å². The summed E-state index contributed by atoms with van der Waals surface area (Å²) in [6.07, 6.45) is 3.02. The van der Waals surface area contributed by atoms with E-state index in [1.54, 1.807) is 24.3 Å². The largest absolute Gasteiger partial charge is 0.399 e. The Labute approximate surface area is 203 Å². The summed E-state index contributed by atoms with van der Waals surface area (Å²) in [6, 6.07) is 21.4. The maximum atomic E-state index is 13.9. The molecule has 0 radical (unpaired) electrons. The molecule has 0 atom stereocenters. The minimum atomic E-state index is -0.257. The smallest absolute Gasteiger partial charge is 0.266 e. The predicted octanol–water partition coefficient (Wildman–Crippen LogP) is 5.18. The quantitative estimate of drug-likeness (QED) is 0.304. The molecule has 7 rings (SSSR count). The molecule has 4 aromatic carbocycles. The van der Waals surface area contributed by atoms with Gasteiger partial charge in [-0.2, -0.15) is 0 Å². The number of hydrogen-bond acceptors (Lipinski definition) is 4. The molecule has 0 unspecified atom stereocenters. The Morgan fingerprint density at radius 1 is 0.571 bits per heavy atom. The fourth-order valence-corrected chi connectivity index (χ4v) is 6.20. The number of nitrogens with zero attached hydrogens (tertiary/aromatic N) is 1. The highest BCUT2D eigenvalue weighted by Gasteiger charge is 2.44. The van der Waals surface area contributed by atoms with Crippen molar-refractivity contribution in [3.8, 4) is 22.3 Å². The number of anilines is 3. The van der Waals surface area contributed by atoms with Crippen LogP contribution in [0.1, 0.15) is 43.0 Å². The summed E-state index contributed by atoms with van der Waals surface area (Å²) in [5.41, 5.74) is 23.9. The van der Waals surface area contributed by atoms with Crippen molar-refractivity contribution in [2.24, 2.45) is 0 Å². The molecule has 0 saturated carbocycles. The first-order chi connectivity index (χ1) is 17.0. The first-order valence-corrected chi connectivity index (χ1v) is 12.0. The molecule has 1 heterocycles. The van der Waals surface area contributed by atoms with Crippen LogP contribution < -0.4 is 16.4 Å². The molecular weight excluding hydrogens is 434 g/mol. The van der Waals surface area contributed by atoms with Crippen molar-refractivity contribution < 1.29 is 9.59 Å². The normalized spacial score (nSPS) is 15.3. The second-order valence-electron chi connectivity index (χ2n) is 9.57. The SMILES string of the molecule is Nc1cccc(N2C(=O)c3c4c(c5c(c3C2=O)CCc2cc(N)ccc2-5)-c2ccccc2CC4)c1. The monoisotopic (exact) mass is 457 g/mol. The van der Waals surface area contributed by atoms with Crippen molar-refractivity contribution in [1.29, 1.82) is 0 Å². The van der Waals surface area contributed by atoms with Crippen LogP contribution in [0.5, 0.6) is 0 Å². The molecule has 4 N–H and O–H groups in total. The third-order valence-corrected chi connectivity index (χ3v) is 7.64. The summed E-state index contributed by atoms with van der Waals surface area (Å²) in [5, 5.41) is 0. The average Bonchev–Trinajstić information content (AvgIpc) is 3.13. The second-order valence-corrected chi connectivity index (χ2v) is 9.57. The first-order valence-electron chi connectivity index (χ1n) is 12.0. The Balaban J connectivity index is 1.58. The molecule has 0 saturated heterocycles. The van der Waals surface area contributed by atoms with Crippen molar-refractivity contribution in [3.63, 3.8) is 0 Å². The van der Waals surface area contributed by atoms with E-state index in [4.69, 9.17) is 11.5 Å². The van der Waals surface area contributed by atoms with E-state index in [1.807, 2.05) is 18.2 Å². The van der Waals surface area contributed by atoms with Gasteiger partial charge < -0.3 is 11.5 Å². The maximum Gasteiger partial charge on any atom is 0.266 e. The van der Waals surface area contributed by atoms with Crippen LogP contribution in [0.3, 0.4) is 0 Å². The van der Waals surface area contributed by atoms with Crippen LogP contribution in [0.2, 0.25) is 0 Å². The molecule has 3 aliphatic rings. The van der Waals surface area contributed by atoms with Gasteiger partial charge in [0.15, 0.2) is 0 Å². The molecule has 2 aliphatic carbocycles. The van der Waals surface area contributed by atoms with E-state index >= 15 is 0 Å². The van der Waals surface area contributed by atoms with Gasteiger partial charge in [-0.05, 0) is 101 Å². The van der Waals surface area contributed by atoms with Crippen LogP contribution in [-0.2, 0) is 25.7 Å². The number of hydrogen-bond donors (Lipinski definition) is 2. The van der Waals surface area contributed by atoms with Crippen molar-refractivity contribution in [1.82, 2.24) is 0 Å². The Kier molecular flexibility index (Phi) is 4.04. The lowest BCUT2D eigenvalue weighted by atomic mass is 9.72. The minimum absolute atomic E-state index is 0.253. The zero-order valence-corrected chi connectivity index (χ0v) is 19.1. The molecular formula is C30H23N3O2. The van der Waals surface area contributed by atoms with Crippen LogP contribution in [-0.4, -0.2) is 11.8 Å². The van der Waals surface area contributed by atoms with Gasteiger partial charge in [-0.15, -0.1) is 0 Å². The van der Waals surface area contributed by atoms with Gasteiger partial charge >= 0.3 is 0 Å². The van der Waals surface area contributed by atoms with Gasteiger partial charge in [0.05, 0.1) is 16.8 Å². The lowest BCUT2D eigenvalue weighted by molar-refractivity contribution is 0.0925. The van der Waals surface area contributed by atoms with Crippen LogP contribution in [0.4, 0.5) is 17.1 Å². The Morgan fingerprint density at radius 2 is 1.20 bits per heavy atom. The maximum absolute atomic E-state index is 13.9. The van der Waals surface area contributed by atoms with Crippen LogP contribution in [0.25, 0.3) is 22.3 Å². The highest BCUT2D eigenvalue weighted by Crippen LogP contribution is 2.51. The summed E-state index contributed by atoms with van der Waals surface area (Å²) >= 11 is 0. The zero-order chi connectivity index (χ0) is 23.8. The molecule has 35 heavy (non-hydrogen) atoms. The number of amides is 2. The Morgan fingerprint density at radius 3 is 1.91 bits per heavy atom. The number of nitrogens with two attached hydrogens (primary N) is 2. The standard InChI is InChI=1S/C30H23N3O2/c31-18-5-3-6-20(15-18)33-29(34)27-23-11-8-16-4-1-2-7-21(16)25(23)26-22-13-10-19(32)14-17(22)9-12-24(26)28(27)30(33)35/h1-7,10,13-15H,8-9,11-12,31-32H2. The average molecular weight is 458 g/mol. The van der Waals surface area contributed by atoms with E-state index in [-0.39, 0.29) is 11.8 Å². The van der Waals surface area contributed by atoms with Crippen molar-refractivity contribution >= 4 is 28.9 Å². The summed E-state index contributed by atoms with van der Waals surface area (Å²) in [7, 11) is 0. The van der Waals surface area contributed by atoms with Crippen molar-refractivity contribution in [3.05, 3.63) is 100 Å². The molecule has 0 bridgehead atoms. The highest BCUT2D eigenvalue weighted by atomic mass is 16.2. The van der Waals surface area contributed by atoms with E-state index < -0.39 is 0 Å². The zero-order valence-electron chi connectivity index (χ0n) is 19.1. The Bertz CT molecular complexity index is 1620. The van der Waals surface area contributed by atoms with E-state index in [9.17, 15) is 9.59 Å². The second kappa shape index (κ2) is 7.06. The summed E-state index contributed by atoms with van der Waals surface area (Å²) < 4.78 is 0. The molecule has 1 aliphatic heterocycles. The van der Waals surface area contributed by atoms with Gasteiger partial charge in [0, 0.05) is 11.4 Å². The molecule has 170 valence electrons. The van der Waals surface area contributed by atoms with Crippen LogP contribution >= 0.6 is 0 Å². The highest BCUT2D eigenvalue weighted by molar-refractivity contribution is 6.36. The molecule has 0 spiro atoms. The Hall–Kier alpha value is -4.38. The number of imide groups is 1. The fourth-order valence-electron chi connectivity index (χ4n) is 6.20. The number of nitrogen functional groups attached to an aromatic ring is 2. The number of rotatable bonds is 1. The number of benzene rings is 4. The third kappa shape index (κ3) is 2.69. The molecule has 5 heteroatoms. The molecule has 0 fully saturated rings. The number of aryl methyl sites for hydroxylation is 2. The van der Waals surface area contributed by atoms with E-state index in [0.717, 1.165) is 58.3 Å². The number of fused-ring (bicyclic) bond motifs is 10. The summed E-state index contributed by atoms with van der Waals surface area (Å²) in [4.78, 5) is 29.2. The lowest BCUT2D eigenvalue weighted by Crippen LogP contribution is -2.29. The van der Waals surface area contributed by atoms with E-state index in [0.29, 0.717) is 28.9 Å². The topological polar surface area (TPSA) is 89.4 Å². The van der Waals surface area contributed by atoms with Crippen molar-refractivity contribution in [2.75, 3.05) is 16.4 Å². The number of carbonyl (C=O) groups is 2.